The zero-order valence-corrected chi connectivity index (χ0v) is 17.0. The number of likely N-dealkylation sites (tertiary alicyclic amines) is 1. The van der Waals surface area contributed by atoms with E-state index in [0.29, 0.717) is 6.54 Å². The number of hydrogen-bond acceptors (Lipinski definition) is 6. The second-order valence-electron chi connectivity index (χ2n) is 8.29. The molecule has 1 fully saturated rings. The van der Waals surface area contributed by atoms with Crippen molar-refractivity contribution >= 4 is 11.8 Å². The molecule has 0 unspecified atom stereocenters. The third-order valence-electron chi connectivity index (χ3n) is 6.22. The number of benzene rings is 1. The summed E-state index contributed by atoms with van der Waals surface area (Å²) in [4.78, 5) is 14.3. The number of fused-ring (bicyclic) bond motifs is 2. The van der Waals surface area contributed by atoms with Crippen LogP contribution in [0.1, 0.15) is 36.1 Å². The number of aromatic nitrogens is 2. The molecule has 0 radical (unpaired) electrons. The van der Waals surface area contributed by atoms with E-state index in [1.807, 2.05) is 19.0 Å². The minimum Gasteiger partial charge on any atom is -0.395 e. The van der Waals surface area contributed by atoms with Crippen LogP contribution in [0, 0.1) is 0 Å². The molecule has 150 valence electrons. The van der Waals surface area contributed by atoms with Gasteiger partial charge in [0, 0.05) is 38.2 Å². The van der Waals surface area contributed by atoms with Crippen molar-refractivity contribution in [1.29, 1.82) is 0 Å². The highest BCUT2D eigenvalue weighted by molar-refractivity contribution is 5.55. The van der Waals surface area contributed by atoms with Gasteiger partial charge in [-0.15, -0.1) is 0 Å². The first kappa shape index (κ1) is 19.2. The lowest BCUT2D eigenvalue weighted by Gasteiger charge is -2.39. The lowest BCUT2D eigenvalue weighted by Crippen LogP contribution is -2.41. The minimum absolute atomic E-state index is 0.107. The van der Waals surface area contributed by atoms with E-state index >= 15 is 0 Å². The molecule has 0 atom stereocenters. The van der Waals surface area contributed by atoms with Gasteiger partial charge in [0.05, 0.1) is 12.3 Å². The number of hydrogen-bond donors (Lipinski definition) is 2. The summed E-state index contributed by atoms with van der Waals surface area (Å²) in [6.07, 6.45) is 4.47. The average molecular weight is 382 g/mol. The molecule has 6 nitrogen and oxygen atoms in total. The summed E-state index contributed by atoms with van der Waals surface area (Å²) in [7, 11) is 3.98. The van der Waals surface area contributed by atoms with Gasteiger partial charge in [-0.3, -0.25) is 4.90 Å². The second-order valence-corrected chi connectivity index (χ2v) is 8.29. The number of rotatable bonds is 6. The summed E-state index contributed by atoms with van der Waals surface area (Å²) < 4.78 is 0. The normalized spacial score (nSPS) is 18.2. The van der Waals surface area contributed by atoms with Gasteiger partial charge in [0.25, 0.3) is 0 Å². The molecular formula is C22H31N5O. The molecule has 2 N–H and O–H groups in total. The molecule has 0 bridgehead atoms. The maximum atomic E-state index is 9.23. The highest BCUT2D eigenvalue weighted by Crippen LogP contribution is 2.47. The van der Waals surface area contributed by atoms with Crippen molar-refractivity contribution in [1.82, 2.24) is 14.9 Å². The van der Waals surface area contributed by atoms with Crippen molar-refractivity contribution in [3.63, 3.8) is 0 Å². The van der Waals surface area contributed by atoms with E-state index < -0.39 is 0 Å². The zero-order chi connectivity index (χ0) is 19.6. The van der Waals surface area contributed by atoms with E-state index in [1.54, 1.807) is 0 Å². The van der Waals surface area contributed by atoms with E-state index in [4.69, 9.17) is 9.97 Å². The van der Waals surface area contributed by atoms with E-state index in [-0.39, 0.29) is 12.0 Å². The van der Waals surface area contributed by atoms with E-state index in [9.17, 15) is 5.11 Å². The molecule has 0 amide bonds. The fourth-order valence-electron chi connectivity index (χ4n) is 4.62. The Morgan fingerprint density at radius 3 is 2.54 bits per heavy atom. The molecule has 2 heterocycles. The number of aliphatic hydroxyl groups excluding tert-OH is 1. The molecule has 2 aliphatic rings. The van der Waals surface area contributed by atoms with Gasteiger partial charge in [0.1, 0.15) is 5.82 Å². The summed E-state index contributed by atoms with van der Waals surface area (Å²) in [5, 5.41) is 12.5. The van der Waals surface area contributed by atoms with Gasteiger partial charge in [0.2, 0.25) is 5.95 Å². The molecule has 1 aliphatic carbocycles. The Morgan fingerprint density at radius 1 is 1.11 bits per heavy atom. The summed E-state index contributed by atoms with van der Waals surface area (Å²) >= 11 is 0. The molecule has 1 aliphatic heterocycles. The number of nitrogens with zero attached hydrogens (tertiary/aromatic N) is 4. The highest BCUT2D eigenvalue weighted by atomic mass is 16.3. The number of piperidine rings is 1. The number of aliphatic hydroxyl groups is 1. The molecule has 28 heavy (non-hydrogen) atoms. The first-order valence-corrected chi connectivity index (χ1v) is 10.3. The second kappa shape index (κ2) is 8.05. The molecular weight excluding hydrogens is 350 g/mol. The molecule has 2 aromatic rings. The average Bonchev–Trinajstić information content (AvgIpc) is 3.07. The Balaban J connectivity index is 1.54. The van der Waals surface area contributed by atoms with Crippen molar-refractivity contribution in [2.75, 3.05) is 50.6 Å². The third kappa shape index (κ3) is 3.71. The molecule has 1 spiro atoms. The van der Waals surface area contributed by atoms with Gasteiger partial charge in [-0.2, -0.15) is 4.98 Å². The quantitative estimate of drug-likeness (QED) is 0.801. The number of anilines is 2. The van der Waals surface area contributed by atoms with Crippen LogP contribution >= 0.6 is 0 Å². The summed E-state index contributed by atoms with van der Waals surface area (Å²) in [6, 6.07) is 10.7. The van der Waals surface area contributed by atoms with Crippen molar-refractivity contribution < 1.29 is 5.11 Å². The van der Waals surface area contributed by atoms with Gasteiger partial charge in [-0.1, -0.05) is 30.3 Å². The maximum Gasteiger partial charge on any atom is 0.227 e. The molecule has 1 saturated heterocycles. The molecule has 4 rings (SSSR count). The van der Waals surface area contributed by atoms with Crippen LogP contribution in [-0.4, -0.2) is 60.3 Å². The SMILES string of the molecule is CN(C)c1nc(NCCO)c2c(n1)C1(CC2)CCN(Cc2ccccc2)CC1. The fraction of sp³-hybridized carbons (Fsp3) is 0.545. The zero-order valence-electron chi connectivity index (χ0n) is 17.0. The van der Waals surface area contributed by atoms with Crippen molar-refractivity contribution in [2.45, 2.75) is 37.6 Å². The van der Waals surface area contributed by atoms with Crippen molar-refractivity contribution in [3.05, 3.63) is 47.2 Å². The molecule has 6 heteroatoms. The van der Waals surface area contributed by atoms with Crippen LogP contribution in [0.25, 0.3) is 0 Å². The molecule has 1 aromatic heterocycles. The monoisotopic (exact) mass is 381 g/mol. The van der Waals surface area contributed by atoms with Crippen LogP contribution < -0.4 is 10.2 Å². The van der Waals surface area contributed by atoms with Gasteiger partial charge >= 0.3 is 0 Å². The third-order valence-corrected chi connectivity index (χ3v) is 6.22. The van der Waals surface area contributed by atoms with Crippen LogP contribution in [-0.2, 0) is 18.4 Å². The van der Waals surface area contributed by atoms with E-state index in [2.05, 4.69) is 40.5 Å². The maximum absolute atomic E-state index is 9.23. The van der Waals surface area contributed by atoms with Crippen LogP contribution in [0.2, 0.25) is 0 Å². The van der Waals surface area contributed by atoms with Gasteiger partial charge in [0.15, 0.2) is 0 Å². The fourth-order valence-corrected chi connectivity index (χ4v) is 4.62. The predicted octanol–water partition coefficient (Wildman–Crippen LogP) is 2.43. The largest absolute Gasteiger partial charge is 0.395 e. The van der Waals surface area contributed by atoms with Gasteiger partial charge in [-0.25, -0.2) is 4.98 Å². The van der Waals surface area contributed by atoms with Crippen LogP contribution in [0.15, 0.2) is 30.3 Å². The Kier molecular flexibility index (Phi) is 5.51. The Bertz CT molecular complexity index is 800. The lowest BCUT2D eigenvalue weighted by molar-refractivity contribution is 0.150. The summed E-state index contributed by atoms with van der Waals surface area (Å²) in [5.74, 6) is 1.67. The topological polar surface area (TPSA) is 64.5 Å². The van der Waals surface area contributed by atoms with Gasteiger partial charge in [-0.05, 0) is 44.3 Å². The van der Waals surface area contributed by atoms with Crippen LogP contribution in [0.3, 0.4) is 0 Å². The Labute approximate surface area is 167 Å². The first-order chi connectivity index (χ1) is 13.6. The van der Waals surface area contributed by atoms with Crippen LogP contribution in [0.4, 0.5) is 11.8 Å². The summed E-state index contributed by atoms with van der Waals surface area (Å²) in [5.41, 5.74) is 4.06. The predicted molar refractivity (Wildman–Crippen MR) is 113 cm³/mol. The standard InChI is InChI=1S/C22H31N5O/c1-26(2)21-24-19-18(20(25-21)23-12-15-28)8-9-22(19)10-13-27(14-11-22)16-17-6-4-3-5-7-17/h3-7,28H,8-16H2,1-2H3,(H,23,24,25). The Morgan fingerprint density at radius 2 is 1.86 bits per heavy atom. The van der Waals surface area contributed by atoms with Crippen molar-refractivity contribution in [3.8, 4) is 0 Å². The summed E-state index contributed by atoms with van der Waals surface area (Å²) in [6.45, 7) is 3.87. The lowest BCUT2D eigenvalue weighted by atomic mass is 9.76. The Hall–Kier alpha value is -2.18. The molecule has 0 saturated carbocycles. The highest BCUT2D eigenvalue weighted by Gasteiger charge is 2.44. The first-order valence-electron chi connectivity index (χ1n) is 10.3. The van der Waals surface area contributed by atoms with E-state index in [0.717, 1.165) is 57.1 Å². The van der Waals surface area contributed by atoms with Crippen molar-refractivity contribution in [2.24, 2.45) is 0 Å². The smallest absolute Gasteiger partial charge is 0.227 e. The van der Waals surface area contributed by atoms with Gasteiger partial charge < -0.3 is 15.3 Å². The molecule has 1 aromatic carbocycles. The minimum atomic E-state index is 0.107. The number of nitrogens with one attached hydrogen (secondary N) is 1. The van der Waals surface area contributed by atoms with Crippen LogP contribution in [0.5, 0.6) is 0 Å². The van der Waals surface area contributed by atoms with E-state index in [1.165, 1.54) is 16.8 Å².